The first kappa shape index (κ1) is 20.2. The molecule has 0 atom stereocenters. The summed E-state index contributed by atoms with van der Waals surface area (Å²) in [4.78, 5) is 3.65. The Labute approximate surface area is 163 Å². The van der Waals surface area contributed by atoms with Gasteiger partial charge < -0.3 is 4.74 Å². The summed E-state index contributed by atoms with van der Waals surface area (Å²) < 4.78 is 69.9. The maximum atomic E-state index is 12.7. The third kappa shape index (κ3) is 4.16. The second-order valence-corrected chi connectivity index (χ2v) is 8.69. The molecule has 0 unspecified atom stereocenters. The van der Waals surface area contributed by atoms with E-state index >= 15 is 0 Å². The maximum absolute atomic E-state index is 12.7. The summed E-state index contributed by atoms with van der Waals surface area (Å²) in [6, 6.07) is 4.33. The Balaban J connectivity index is 1.70. The zero-order valence-electron chi connectivity index (χ0n) is 13.8. The molecule has 1 aliphatic rings. The van der Waals surface area contributed by atoms with Gasteiger partial charge in [-0.2, -0.15) is 17.5 Å². The molecule has 0 N–H and O–H groups in total. The van der Waals surface area contributed by atoms with Crippen LogP contribution in [-0.4, -0.2) is 36.9 Å². The largest absolute Gasteiger partial charge is 0.472 e. The highest BCUT2D eigenvalue weighted by molar-refractivity contribution is 7.89. The van der Waals surface area contributed by atoms with Crippen molar-refractivity contribution < 1.29 is 26.3 Å². The molecule has 2 aromatic rings. The van der Waals surface area contributed by atoms with Crippen molar-refractivity contribution in [1.29, 1.82) is 0 Å². The van der Waals surface area contributed by atoms with Crippen LogP contribution in [0.4, 0.5) is 13.2 Å². The van der Waals surface area contributed by atoms with Gasteiger partial charge in [-0.1, -0.05) is 23.2 Å². The summed E-state index contributed by atoms with van der Waals surface area (Å²) >= 11 is 11.9. The lowest BCUT2D eigenvalue weighted by Crippen LogP contribution is -2.56. The molecule has 1 fully saturated rings. The number of benzene rings is 1. The lowest BCUT2D eigenvalue weighted by atomic mass is 10.2. The quantitative estimate of drug-likeness (QED) is 0.715. The normalized spacial score (nSPS) is 16.2. The van der Waals surface area contributed by atoms with Gasteiger partial charge in [-0.15, -0.1) is 0 Å². The first-order chi connectivity index (χ1) is 12.5. The highest BCUT2D eigenvalue weighted by Crippen LogP contribution is 2.34. The molecular weight excluding hydrogens is 428 g/mol. The number of halogens is 5. The summed E-state index contributed by atoms with van der Waals surface area (Å²) in [5.41, 5.74) is -0.333. The van der Waals surface area contributed by atoms with Crippen LogP contribution in [0, 0.1) is 6.92 Å². The topological polar surface area (TPSA) is 59.5 Å². The van der Waals surface area contributed by atoms with E-state index in [9.17, 15) is 21.6 Å². The molecule has 0 saturated carbocycles. The minimum absolute atomic E-state index is 0.00508. The van der Waals surface area contributed by atoms with Crippen molar-refractivity contribution in [1.82, 2.24) is 9.29 Å². The van der Waals surface area contributed by atoms with Crippen molar-refractivity contribution in [3.05, 3.63) is 51.6 Å². The molecule has 2 heterocycles. The molecule has 0 amide bonds. The van der Waals surface area contributed by atoms with Gasteiger partial charge in [-0.3, -0.25) is 0 Å². The Hall–Kier alpha value is -1.55. The van der Waals surface area contributed by atoms with Crippen molar-refractivity contribution >= 4 is 33.2 Å². The van der Waals surface area contributed by atoms with E-state index in [1.54, 1.807) is 6.92 Å². The van der Waals surface area contributed by atoms with Gasteiger partial charge in [-0.25, -0.2) is 13.4 Å². The Bertz CT molecular complexity index is 977. The van der Waals surface area contributed by atoms with Crippen LogP contribution in [0.3, 0.4) is 0 Å². The first-order valence-corrected chi connectivity index (χ1v) is 9.84. The Morgan fingerprint density at radius 2 is 1.85 bits per heavy atom. The Morgan fingerprint density at radius 1 is 1.19 bits per heavy atom. The third-order valence-corrected chi connectivity index (χ3v) is 6.70. The fourth-order valence-corrected chi connectivity index (χ4v) is 4.77. The van der Waals surface area contributed by atoms with Gasteiger partial charge in [0.15, 0.2) is 0 Å². The van der Waals surface area contributed by atoms with Crippen molar-refractivity contribution in [3.63, 3.8) is 0 Å². The maximum Gasteiger partial charge on any atom is 0.416 e. The molecule has 1 aromatic carbocycles. The molecule has 5 nitrogen and oxygen atoms in total. The lowest BCUT2D eigenvalue weighted by molar-refractivity contribution is -0.137. The van der Waals surface area contributed by atoms with Crippen LogP contribution in [0.15, 0.2) is 35.4 Å². The number of pyridine rings is 1. The smallest absolute Gasteiger partial charge is 0.416 e. The van der Waals surface area contributed by atoms with Crippen LogP contribution in [0.25, 0.3) is 0 Å². The van der Waals surface area contributed by atoms with Crippen LogP contribution in [0.1, 0.15) is 11.1 Å². The van der Waals surface area contributed by atoms with E-state index in [1.807, 2.05) is 0 Å². The van der Waals surface area contributed by atoms with Gasteiger partial charge in [0, 0.05) is 17.3 Å². The predicted octanol–water partition coefficient (Wildman–Crippen LogP) is 4.17. The van der Waals surface area contributed by atoms with E-state index in [4.69, 9.17) is 27.9 Å². The summed E-state index contributed by atoms with van der Waals surface area (Å²) in [5, 5.41) is 0.342. The number of sulfonamides is 1. The number of rotatable bonds is 4. The zero-order chi connectivity index (χ0) is 20.0. The number of nitrogens with zero attached hydrogens (tertiary/aromatic N) is 2. The van der Waals surface area contributed by atoms with E-state index < -0.39 is 27.9 Å². The van der Waals surface area contributed by atoms with Crippen LogP contribution in [-0.2, 0) is 16.2 Å². The van der Waals surface area contributed by atoms with Gasteiger partial charge in [0.2, 0.25) is 15.9 Å². The van der Waals surface area contributed by atoms with Gasteiger partial charge in [-0.05, 0) is 30.7 Å². The van der Waals surface area contributed by atoms with Gasteiger partial charge in [0.05, 0.1) is 23.7 Å². The van der Waals surface area contributed by atoms with E-state index in [0.717, 1.165) is 22.6 Å². The number of ether oxygens (including phenoxy) is 1. The molecule has 0 spiro atoms. The monoisotopic (exact) mass is 440 g/mol. The molecule has 11 heteroatoms. The van der Waals surface area contributed by atoms with Crippen molar-refractivity contribution in [2.24, 2.45) is 0 Å². The van der Waals surface area contributed by atoms with Crippen LogP contribution in [0.2, 0.25) is 10.0 Å². The van der Waals surface area contributed by atoms with Gasteiger partial charge >= 0.3 is 6.18 Å². The molecule has 1 aromatic heterocycles. The average molecular weight is 441 g/mol. The standard InChI is InChI=1S/C16H13Cl2F3N2O3S/c1-9-4-14(13(18)6-12(9)17)27(24,25)23-7-11(8-23)26-15-5-10(2-3-22-15)16(19,20)21/h2-6,11H,7-8H2,1H3. The third-order valence-electron chi connectivity index (χ3n) is 4.00. The fourth-order valence-electron chi connectivity index (χ4n) is 2.46. The second-order valence-electron chi connectivity index (χ2n) is 5.97. The molecule has 3 rings (SSSR count). The predicted molar refractivity (Wildman–Crippen MR) is 93.6 cm³/mol. The molecule has 0 bridgehead atoms. The van der Waals surface area contributed by atoms with E-state index in [-0.39, 0.29) is 28.9 Å². The SMILES string of the molecule is Cc1cc(S(=O)(=O)N2CC(Oc3cc(C(F)(F)F)ccn3)C2)c(Cl)cc1Cl. The van der Waals surface area contributed by atoms with Crippen molar-refractivity contribution in [2.45, 2.75) is 24.1 Å². The van der Waals surface area contributed by atoms with E-state index in [0.29, 0.717) is 10.6 Å². The van der Waals surface area contributed by atoms with Crippen LogP contribution < -0.4 is 4.74 Å². The fraction of sp³-hybridized carbons (Fsp3) is 0.312. The Kier molecular flexibility index (Phi) is 5.33. The Morgan fingerprint density at radius 3 is 2.48 bits per heavy atom. The van der Waals surface area contributed by atoms with Crippen molar-refractivity contribution in [3.8, 4) is 5.88 Å². The molecule has 1 aliphatic heterocycles. The lowest BCUT2D eigenvalue weighted by Gasteiger charge is -2.37. The van der Waals surface area contributed by atoms with E-state index in [2.05, 4.69) is 4.98 Å². The average Bonchev–Trinajstić information content (AvgIpc) is 2.53. The number of aromatic nitrogens is 1. The minimum Gasteiger partial charge on any atom is -0.472 e. The summed E-state index contributed by atoms with van der Waals surface area (Å²) in [6.07, 6.45) is -4.14. The number of hydrogen-bond acceptors (Lipinski definition) is 4. The van der Waals surface area contributed by atoms with Crippen LogP contribution in [0.5, 0.6) is 5.88 Å². The summed E-state index contributed by atoms with van der Waals surface area (Å²) in [5.74, 6) is -0.216. The summed E-state index contributed by atoms with van der Waals surface area (Å²) in [6.45, 7) is 1.59. The minimum atomic E-state index is -4.51. The molecule has 146 valence electrons. The number of aryl methyl sites for hydroxylation is 1. The number of hydrogen-bond donors (Lipinski definition) is 0. The zero-order valence-corrected chi connectivity index (χ0v) is 16.1. The van der Waals surface area contributed by atoms with Crippen molar-refractivity contribution in [2.75, 3.05) is 13.1 Å². The summed E-state index contributed by atoms with van der Waals surface area (Å²) in [7, 11) is -3.87. The molecule has 0 radical (unpaired) electrons. The molecule has 0 aliphatic carbocycles. The highest BCUT2D eigenvalue weighted by Gasteiger charge is 2.40. The van der Waals surface area contributed by atoms with E-state index in [1.165, 1.54) is 12.1 Å². The first-order valence-electron chi connectivity index (χ1n) is 7.64. The van der Waals surface area contributed by atoms with Gasteiger partial charge in [0.25, 0.3) is 0 Å². The molecular formula is C16H13Cl2F3N2O3S. The van der Waals surface area contributed by atoms with Crippen LogP contribution >= 0.6 is 23.2 Å². The molecule has 27 heavy (non-hydrogen) atoms. The van der Waals surface area contributed by atoms with Gasteiger partial charge in [0.1, 0.15) is 11.0 Å². The highest BCUT2D eigenvalue weighted by atomic mass is 35.5. The second kappa shape index (κ2) is 7.12. The number of alkyl halides is 3. The molecule has 1 saturated heterocycles.